The molecule has 0 aromatic heterocycles. The normalized spacial score (nSPS) is 48.5. The molecule has 0 radical (unpaired) electrons. The van der Waals surface area contributed by atoms with E-state index in [-0.39, 0.29) is 12.2 Å². The number of fused-ring (bicyclic) bond motifs is 1. The van der Waals surface area contributed by atoms with Gasteiger partial charge < -0.3 is 10.2 Å². The van der Waals surface area contributed by atoms with Crippen molar-refractivity contribution >= 4 is 0 Å². The number of hydrogen-bond acceptors (Lipinski definition) is 2. The Morgan fingerprint density at radius 3 is 1.50 bits per heavy atom. The summed E-state index contributed by atoms with van der Waals surface area (Å²) in [6, 6.07) is 0. The first kappa shape index (κ1) is 8.52. The summed E-state index contributed by atoms with van der Waals surface area (Å²) in [5, 5.41) is 19.4. The van der Waals surface area contributed by atoms with Gasteiger partial charge in [0.1, 0.15) is 0 Å². The quantitative estimate of drug-likeness (QED) is 0.575. The first-order valence-corrected chi connectivity index (χ1v) is 5.15. The minimum atomic E-state index is -0.126. The van der Waals surface area contributed by atoms with Crippen molar-refractivity contribution in [2.45, 2.75) is 50.7 Å². The van der Waals surface area contributed by atoms with Gasteiger partial charge in [-0.15, -0.1) is 0 Å². The second-order valence-corrected chi connectivity index (χ2v) is 4.32. The summed E-state index contributed by atoms with van der Waals surface area (Å²) >= 11 is 0. The van der Waals surface area contributed by atoms with Crippen molar-refractivity contribution in [1.29, 1.82) is 0 Å². The molecule has 2 rings (SSSR count). The molecule has 2 N–H and O–H groups in total. The fourth-order valence-corrected chi connectivity index (χ4v) is 2.94. The molecule has 4 atom stereocenters. The van der Waals surface area contributed by atoms with Crippen LogP contribution in [0.4, 0.5) is 0 Å². The molecule has 2 saturated carbocycles. The van der Waals surface area contributed by atoms with Gasteiger partial charge in [-0.1, -0.05) is 12.8 Å². The van der Waals surface area contributed by atoms with Gasteiger partial charge in [-0.05, 0) is 37.5 Å². The van der Waals surface area contributed by atoms with Crippen molar-refractivity contribution < 1.29 is 10.2 Å². The lowest BCUT2D eigenvalue weighted by Gasteiger charge is -2.41. The van der Waals surface area contributed by atoms with E-state index in [1.807, 2.05) is 0 Å². The highest BCUT2D eigenvalue weighted by Crippen LogP contribution is 2.40. The van der Waals surface area contributed by atoms with Gasteiger partial charge in [0.05, 0.1) is 12.2 Å². The van der Waals surface area contributed by atoms with Crippen LogP contribution in [-0.2, 0) is 0 Å². The summed E-state index contributed by atoms with van der Waals surface area (Å²) in [4.78, 5) is 0. The van der Waals surface area contributed by atoms with E-state index in [0.29, 0.717) is 11.8 Å². The summed E-state index contributed by atoms with van der Waals surface area (Å²) in [5.74, 6) is 0.810. The van der Waals surface area contributed by atoms with Gasteiger partial charge in [0.15, 0.2) is 0 Å². The predicted molar refractivity (Wildman–Crippen MR) is 46.7 cm³/mol. The molecule has 0 aromatic rings. The lowest BCUT2D eigenvalue weighted by Crippen LogP contribution is -2.41. The van der Waals surface area contributed by atoms with Crippen molar-refractivity contribution in [2.75, 3.05) is 0 Å². The van der Waals surface area contributed by atoms with Gasteiger partial charge in [-0.3, -0.25) is 0 Å². The van der Waals surface area contributed by atoms with E-state index in [1.165, 1.54) is 0 Å². The molecule has 0 heterocycles. The fourth-order valence-electron chi connectivity index (χ4n) is 2.94. The molecular formula is C10H18O2. The Balaban J connectivity index is 2.05. The standard InChI is InChI=1S/C10H18O2/c11-9-5-1-3-7-8(9)4-2-6-10(7)12/h7-12H,1-6H2/t7-,8+,9-,10-/m1/s1. The van der Waals surface area contributed by atoms with Crippen LogP contribution in [0.25, 0.3) is 0 Å². The lowest BCUT2D eigenvalue weighted by atomic mass is 9.68. The van der Waals surface area contributed by atoms with Crippen molar-refractivity contribution in [2.24, 2.45) is 11.8 Å². The third-order valence-electron chi connectivity index (χ3n) is 3.61. The van der Waals surface area contributed by atoms with Crippen LogP contribution in [-0.4, -0.2) is 22.4 Å². The zero-order valence-corrected chi connectivity index (χ0v) is 7.45. The molecule has 70 valence electrons. The highest BCUT2D eigenvalue weighted by Gasteiger charge is 2.38. The maximum absolute atomic E-state index is 9.71. The van der Waals surface area contributed by atoms with E-state index in [4.69, 9.17) is 0 Å². The van der Waals surface area contributed by atoms with Crippen LogP contribution in [0.5, 0.6) is 0 Å². The lowest BCUT2D eigenvalue weighted by molar-refractivity contribution is -0.0529. The summed E-state index contributed by atoms with van der Waals surface area (Å²) in [7, 11) is 0. The maximum Gasteiger partial charge on any atom is 0.0572 e. The van der Waals surface area contributed by atoms with E-state index in [1.54, 1.807) is 0 Å². The minimum absolute atomic E-state index is 0.126. The van der Waals surface area contributed by atoms with E-state index < -0.39 is 0 Å². The molecule has 0 bridgehead atoms. The Bertz CT molecular complexity index is 140. The zero-order chi connectivity index (χ0) is 8.55. The third kappa shape index (κ3) is 1.38. The van der Waals surface area contributed by atoms with Gasteiger partial charge in [0, 0.05) is 0 Å². The average molecular weight is 170 g/mol. The Morgan fingerprint density at radius 1 is 0.667 bits per heavy atom. The van der Waals surface area contributed by atoms with E-state index in [2.05, 4.69) is 0 Å². The van der Waals surface area contributed by atoms with Crippen molar-refractivity contribution in [3.63, 3.8) is 0 Å². The Labute approximate surface area is 73.6 Å². The molecule has 2 heteroatoms. The van der Waals surface area contributed by atoms with Crippen LogP contribution in [0.2, 0.25) is 0 Å². The van der Waals surface area contributed by atoms with Gasteiger partial charge in [-0.2, -0.15) is 0 Å². The predicted octanol–water partition coefficient (Wildman–Crippen LogP) is 1.31. The smallest absolute Gasteiger partial charge is 0.0572 e. The maximum atomic E-state index is 9.71. The molecule has 0 aromatic carbocycles. The summed E-state index contributed by atoms with van der Waals surface area (Å²) in [5.41, 5.74) is 0. The molecule has 2 aliphatic carbocycles. The van der Waals surface area contributed by atoms with Gasteiger partial charge in [0.25, 0.3) is 0 Å². The van der Waals surface area contributed by atoms with Crippen LogP contribution in [0.15, 0.2) is 0 Å². The molecule has 2 fully saturated rings. The zero-order valence-electron chi connectivity index (χ0n) is 7.45. The average Bonchev–Trinajstić information content (AvgIpc) is 2.07. The van der Waals surface area contributed by atoms with E-state index >= 15 is 0 Å². The van der Waals surface area contributed by atoms with Crippen LogP contribution in [0.3, 0.4) is 0 Å². The first-order valence-electron chi connectivity index (χ1n) is 5.15. The largest absolute Gasteiger partial charge is 0.393 e. The number of aliphatic hydroxyl groups is 2. The van der Waals surface area contributed by atoms with Crippen LogP contribution in [0.1, 0.15) is 38.5 Å². The summed E-state index contributed by atoms with van der Waals surface area (Å²) in [6.45, 7) is 0. The van der Waals surface area contributed by atoms with Crippen molar-refractivity contribution in [3.05, 3.63) is 0 Å². The second-order valence-electron chi connectivity index (χ2n) is 4.32. The Hall–Kier alpha value is -0.0800. The van der Waals surface area contributed by atoms with E-state index in [0.717, 1.165) is 38.5 Å². The highest BCUT2D eigenvalue weighted by atomic mass is 16.3. The van der Waals surface area contributed by atoms with Gasteiger partial charge in [0.2, 0.25) is 0 Å². The van der Waals surface area contributed by atoms with Gasteiger partial charge in [-0.25, -0.2) is 0 Å². The number of hydrogen-bond donors (Lipinski definition) is 2. The molecule has 0 unspecified atom stereocenters. The molecule has 0 amide bonds. The molecule has 2 aliphatic rings. The van der Waals surface area contributed by atoms with E-state index in [9.17, 15) is 10.2 Å². The SMILES string of the molecule is O[C@@H]1CCC[C@H]2[C@H]1CCC[C@H]2O. The Morgan fingerprint density at radius 2 is 1.08 bits per heavy atom. The first-order chi connectivity index (χ1) is 5.79. The molecular weight excluding hydrogens is 152 g/mol. The molecule has 0 saturated heterocycles. The summed E-state index contributed by atoms with van der Waals surface area (Å²) in [6.07, 6.45) is 6.10. The summed E-state index contributed by atoms with van der Waals surface area (Å²) < 4.78 is 0. The molecule has 0 aliphatic heterocycles. The molecule has 0 spiro atoms. The van der Waals surface area contributed by atoms with Crippen LogP contribution in [0, 0.1) is 11.8 Å². The Kier molecular flexibility index (Phi) is 2.37. The second kappa shape index (κ2) is 3.35. The third-order valence-corrected chi connectivity index (χ3v) is 3.61. The molecule has 2 nitrogen and oxygen atoms in total. The fraction of sp³-hybridized carbons (Fsp3) is 1.00. The van der Waals surface area contributed by atoms with Crippen LogP contribution < -0.4 is 0 Å². The highest BCUT2D eigenvalue weighted by molar-refractivity contribution is 4.89. The monoisotopic (exact) mass is 170 g/mol. The number of rotatable bonds is 0. The molecule has 12 heavy (non-hydrogen) atoms. The van der Waals surface area contributed by atoms with Crippen molar-refractivity contribution in [3.8, 4) is 0 Å². The van der Waals surface area contributed by atoms with Crippen molar-refractivity contribution in [1.82, 2.24) is 0 Å². The van der Waals surface area contributed by atoms with Gasteiger partial charge >= 0.3 is 0 Å². The minimum Gasteiger partial charge on any atom is -0.393 e. The van der Waals surface area contributed by atoms with Crippen LogP contribution >= 0.6 is 0 Å². The number of aliphatic hydroxyl groups excluding tert-OH is 2. The topological polar surface area (TPSA) is 40.5 Å².